The molecule has 0 atom stereocenters. The summed E-state index contributed by atoms with van der Waals surface area (Å²) in [6, 6.07) is 3.73. The van der Waals surface area contributed by atoms with E-state index in [0.717, 1.165) is 11.1 Å². The van der Waals surface area contributed by atoms with Crippen LogP contribution in [0.2, 0.25) is 0 Å². The molecular weight excluding hydrogens is 258 g/mol. The average Bonchev–Trinajstić information content (AvgIpc) is 2.87. The van der Waals surface area contributed by atoms with Crippen LogP contribution in [0, 0.1) is 13.8 Å². The van der Waals surface area contributed by atoms with Gasteiger partial charge in [0.15, 0.2) is 5.82 Å². The molecule has 0 bridgehead atoms. The van der Waals surface area contributed by atoms with Gasteiger partial charge in [0.1, 0.15) is 0 Å². The molecule has 1 aliphatic heterocycles. The topological polar surface area (TPSA) is 81.0 Å². The van der Waals surface area contributed by atoms with E-state index in [1.54, 1.807) is 7.05 Å². The van der Waals surface area contributed by atoms with Crippen LogP contribution in [0.3, 0.4) is 0 Å². The lowest BCUT2D eigenvalue weighted by Gasteiger charge is -2.15. The second-order valence-corrected chi connectivity index (χ2v) is 4.89. The first-order valence-electron chi connectivity index (χ1n) is 6.17. The molecule has 0 spiro atoms. The highest BCUT2D eigenvalue weighted by Crippen LogP contribution is 2.33. The summed E-state index contributed by atoms with van der Waals surface area (Å²) in [6.45, 7) is 3.91. The molecule has 0 radical (unpaired) electrons. The van der Waals surface area contributed by atoms with Gasteiger partial charge in [0.05, 0.1) is 24.8 Å². The summed E-state index contributed by atoms with van der Waals surface area (Å²) in [5, 5.41) is 11.6. The van der Waals surface area contributed by atoms with Gasteiger partial charge in [0, 0.05) is 0 Å². The second kappa shape index (κ2) is 4.22. The molecule has 0 unspecified atom stereocenters. The molecule has 0 saturated heterocycles. The SMILES string of the molecule is Cc1cc(C)c2c(c1)N(Cc1nnn(C)n1)C(=O)C2=O. The summed E-state index contributed by atoms with van der Waals surface area (Å²) in [6.07, 6.45) is 0. The van der Waals surface area contributed by atoms with Crippen LogP contribution in [0.25, 0.3) is 0 Å². The van der Waals surface area contributed by atoms with Crippen molar-refractivity contribution in [3.8, 4) is 0 Å². The maximum Gasteiger partial charge on any atom is 0.299 e. The van der Waals surface area contributed by atoms with Crippen molar-refractivity contribution in [1.29, 1.82) is 0 Å². The fraction of sp³-hybridized carbons (Fsp3) is 0.308. The molecule has 1 aromatic heterocycles. The van der Waals surface area contributed by atoms with Crippen LogP contribution >= 0.6 is 0 Å². The minimum absolute atomic E-state index is 0.147. The van der Waals surface area contributed by atoms with E-state index in [4.69, 9.17) is 0 Å². The first-order chi connectivity index (χ1) is 9.47. The Balaban J connectivity index is 2.06. The lowest BCUT2D eigenvalue weighted by atomic mass is 10.0. The minimum atomic E-state index is -0.541. The number of aromatic nitrogens is 4. The molecule has 0 fully saturated rings. The lowest BCUT2D eigenvalue weighted by molar-refractivity contribution is -0.114. The summed E-state index contributed by atoms with van der Waals surface area (Å²) >= 11 is 0. The van der Waals surface area contributed by atoms with Gasteiger partial charge in [-0.1, -0.05) is 6.07 Å². The number of aryl methyl sites for hydroxylation is 3. The number of benzene rings is 1. The van der Waals surface area contributed by atoms with Gasteiger partial charge < -0.3 is 0 Å². The van der Waals surface area contributed by atoms with Gasteiger partial charge in [0.25, 0.3) is 11.7 Å². The predicted molar refractivity (Wildman–Crippen MR) is 70.2 cm³/mol. The summed E-state index contributed by atoms with van der Waals surface area (Å²) in [4.78, 5) is 26.9. The first kappa shape index (κ1) is 12.5. The molecule has 0 saturated carbocycles. The predicted octanol–water partition coefficient (Wildman–Crippen LogP) is 0.556. The van der Waals surface area contributed by atoms with Crippen molar-refractivity contribution in [2.24, 2.45) is 7.05 Å². The Labute approximate surface area is 115 Å². The van der Waals surface area contributed by atoms with Crippen LogP contribution in [0.1, 0.15) is 27.3 Å². The molecule has 102 valence electrons. The van der Waals surface area contributed by atoms with E-state index in [2.05, 4.69) is 15.4 Å². The number of tetrazole rings is 1. The Bertz CT molecular complexity index is 734. The van der Waals surface area contributed by atoms with E-state index in [1.807, 2.05) is 26.0 Å². The molecule has 7 heteroatoms. The molecular formula is C13H13N5O2. The quantitative estimate of drug-likeness (QED) is 0.745. The zero-order valence-electron chi connectivity index (χ0n) is 11.4. The third-order valence-corrected chi connectivity index (χ3v) is 3.27. The molecule has 0 N–H and O–H groups in total. The fourth-order valence-corrected chi connectivity index (χ4v) is 2.48. The number of nitrogens with zero attached hydrogens (tertiary/aromatic N) is 5. The Hall–Kier alpha value is -2.57. The molecule has 2 aromatic rings. The van der Waals surface area contributed by atoms with Gasteiger partial charge in [-0.05, 0) is 36.3 Å². The van der Waals surface area contributed by atoms with E-state index in [0.29, 0.717) is 17.1 Å². The van der Waals surface area contributed by atoms with Gasteiger partial charge in [0.2, 0.25) is 0 Å². The first-order valence-corrected chi connectivity index (χ1v) is 6.17. The molecule has 1 aromatic carbocycles. The highest BCUT2D eigenvalue weighted by Gasteiger charge is 2.37. The number of hydrogen-bond donors (Lipinski definition) is 0. The highest BCUT2D eigenvalue weighted by molar-refractivity contribution is 6.52. The number of rotatable bonds is 2. The number of carbonyl (C=O) groups excluding carboxylic acids is 2. The number of hydrogen-bond acceptors (Lipinski definition) is 5. The van der Waals surface area contributed by atoms with Gasteiger partial charge in [-0.2, -0.15) is 4.80 Å². The Morgan fingerprint density at radius 2 is 1.95 bits per heavy atom. The number of anilines is 1. The van der Waals surface area contributed by atoms with Crippen LogP contribution in [-0.4, -0.2) is 31.9 Å². The highest BCUT2D eigenvalue weighted by atomic mass is 16.2. The summed E-state index contributed by atoms with van der Waals surface area (Å²) in [7, 11) is 1.65. The van der Waals surface area contributed by atoms with Crippen molar-refractivity contribution in [2.45, 2.75) is 20.4 Å². The van der Waals surface area contributed by atoms with Crippen molar-refractivity contribution in [3.63, 3.8) is 0 Å². The number of fused-ring (bicyclic) bond motifs is 1. The van der Waals surface area contributed by atoms with E-state index in [1.165, 1.54) is 9.70 Å². The maximum absolute atomic E-state index is 12.1. The molecule has 0 aliphatic carbocycles. The largest absolute Gasteiger partial charge is 0.299 e. The molecule has 2 heterocycles. The van der Waals surface area contributed by atoms with Gasteiger partial charge in [-0.25, -0.2) is 0 Å². The van der Waals surface area contributed by atoms with Crippen molar-refractivity contribution in [3.05, 3.63) is 34.6 Å². The van der Waals surface area contributed by atoms with Crippen molar-refractivity contribution >= 4 is 17.4 Å². The van der Waals surface area contributed by atoms with Gasteiger partial charge >= 0.3 is 0 Å². The minimum Gasteiger partial charge on any atom is -0.297 e. The van der Waals surface area contributed by atoms with Crippen molar-refractivity contribution in [2.75, 3.05) is 4.90 Å². The van der Waals surface area contributed by atoms with Crippen LogP contribution in [0.5, 0.6) is 0 Å². The van der Waals surface area contributed by atoms with Crippen LogP contribution in [-0.2, 0) is 18.4 Å². The van der Waals surface area contributed by atoms with Gasteiger partial charge in [-0.3, -0.25) is 14.5 Å². The van der Waals surface area contributed by atoms with Crippen molar-refractivity contribution in [1.82, 2.24) is 20.2 Å². The molecule has 1 aliphatic rings. The monoisotopic (exact) mass is 271 g/mol. The Morgan fingerprint density at radius 3 is 2.60 bits per heavy atom. The number of Topliss-reactive ketones (excluding diaryl/α,β-unsaturated/α-hetero) is 1. The second-order valence-electron chi connectivity index (χ2n) is 4.89. The van der Waals surface area contributed by atoms with Crippen LogP contribution < -0.4 is 4.90 Å². The maximum atomic E-state index is 12.1. The number of amides is 1. The van der Waals surface area contributed by atoms with Crippen molar-refractivity contribution < 1.29 is 9.59 Å². The van der Waals surface area contributed by atoms with Crippen LogP contribution in [0.15, 0.2) is 12.1 Å². The lowest BCUT2D eigenvalue weighted by Crippen LogP contribution is -2.29. The Morgan fingerprint density at radius 1 is 1.20 bits per heavy atom. The molecule has 20 heavy (non-hydrogen) atoms. The fourth-order valence-electron chi connectivity index (χ4n) is 2.48. The summed E-state index contributed by atoms with van der Waals surface area (Å²) < 4.78 is 0. The average molecular weight is 271 g/mol. The smallest absolute Gasteiger partial charge is 0.297 e. The molecule has 1 amide bonds. The summed E-state index contributed by atoms with van der Waals surface area (Å²) in [5.41, 5.74) is 2.92. The zero-order chi connectivity index (χ0) is 14.4. The van der Waals surface area contributed by atoms with E-state index < -0.39 is 11.7 Å². The van der Waals surface area contributed by atoms with E-state index in [9.17, 15) is 9.59 Å². The Kier molecular flexibility index (Phi) is 2.63. The zero-order valence-corrected chi connectivity index (χ0v) is 11.4. The van der Waals surface area contributed by atoms with E-state index >= 15 is 0 Å². The van der Waals surface area contributed by atoms with Gasteiger partial charge in [-0.15, -0.1) is 10.2 Å². The molecule has 3 rings (SSSR count). The molecule has 7 nitrogen and oxygen atoms in total. The number of carbonyl (C=O) groups is 2. The third kappa shape index (κ3) is 1.78. The van der Waals surface area contributed by atoms with E-state index in [-0.39, 0.29) is 6.54 Å². The summed E-state index contributed by atoms with van der Waals surface area (Å²) in [5.74, 6) is -0.608. The van der Waals surface area contributed by atoms with Crippen LogP contribution in [0.4, 0.5) is 5.69 Å². The third-order valence-electron chi connectivity index (χ3n) is 3.27. The number of ketones is 1. The normalized spacial score (nSPS) is 14.1. The standard InChI is InChI=1S/C13H13N5O2/c1-7-4-8(2)11-9(5-7)18(13(20)12(11)19)6-10-14-16-17(3)15-10/h4-5H,6H2,1-3H3.